The van der Waals surface area contributed by atoms with E-state index >= 15 is 0 Å². The summed E-state index contributed by atoms with van der Waals surface area (Å²) in [4.78, 5) is 12.6. The van der Waals surface area contributed by atoms with Gasteiger partial charge in [-0.25, -0.2) is 8.42 Å². The average Bonchev–Trinajstić information content (AvgIpc) is 2.97. The molecule has 3 rings (SSSR count). The van der Waals surface area contributed by atoms with E-state index < -0.39 is 22.2 Å². The maximum atomic E-state index is 12.6. The molecule has 2 aromatic rings. The molecule has 0 fully saturated rings. The van der Waals surface area contributed by atoms with Gasteiger partial charge in [-0.1, -0.05) is 29.8 Å². The average molecular weight is 395 g/mol. The van der Waals surface area contributed by atoms with Crippen molar-refractivity contribution in [1.29, 1.82) is 0 Å². The van der Waals surface area contributed by atoms with Gasteiger partial charge in [0.2, 0.25) is 10.0 Å². The normalized spacial score (nSPS) is 17.1. The van der Waals surface area contributed by atoms with E-state index in [-0.39, 0.29) is 5.91 Å². The van der Waals surface area contributed by atoms with Crippen LogP contribution in [0.2, 0.25) is 5.02 Å². The van der Waals surface area contributed by atoms with Gasteiger partial charge in [0.15, 0.2) is 6.10 Å². The van der Waals surface area contributed by atoms with Gasteiger partial charge in [0.05, 0.1) is 18.0 Å². The lowest BCUT2D eigenvalue weighted by atomic mass is 10.1. The summed E-state index contributed by atoms with van der Waals surface area (Å²) in [5, 5.41) is 3.48. The van der Waals surface area contributed by atoms with Gasteiger partial charge in [-0.3, -0.25) is 9.52 Å². The predicted molar refractivity (Wildman–Crippen MR) is 101 cm³/mol. The van der Waals surface area contributed by atoms with Gasteiger partial charge in [0, 0.05) is 11.4 Å². The number of carbonyl (C=O) groups excluding carboxylic acids is 1. The van der Waals surface area contributed by atoms with E-state index in [2.05, 4.69) is 10.0 Å². The summed E-state index contributed by atoms with van der Waals surface area (Å²) in [6.07, 6.45) is 0.889. The third kappa shape index (κ3) is 4.28. The summed E-state index contributed by atoms with van der Waals surface area (Å²) in [5.41, 5.74) is 2.00. The summed E-state index contributed by atoms with van der Waals surface area (Å²) in [6, 6.07) is 11.8. The Morgan fingerprint density at radius 1 is 1.27 bits per heavy atom. The van der Waals surface area contributed by atoms with Crippen LogP contribution in [0.25, 0.3) is 0 Å². The highest BCUT2D eigenvalue weighted by Crippen LogP contribution is 2.31. The molecule has 0 aromatic heterocycles. The van der Waals surface area contributed by atoms with Crippen molar-refractivity contribution >= 4 is 33.2 Å². The molecule has 2 N–H and O–H groups in total. The number of sulfonamides is 1. The van der Waals surface area contributed by atoms with Crippen molar-refractivity contribution in [3.63, 3.8) is 0 Å². The predicted octanol–water partition coefficient (Wildman–Crippen LogP) is 2.89. The Morgan fingerprint density at radius 3 is 2.73 bits per heavy atom. The molecule has 2 atom stereocenters. The fourth-order valence-corrected chi connectivity index (χ4v) is 3.69. The van der Waals surface area contributed by atoms with Crippen LogP contribution in [-0.4, -0.2) is 26.7 Å². The third-order valence-electron chi connectivity index (χ3n) is 4.07. The minimum atomic E-state index is -3.42. The van der Waals surface area contributed by atoms with Gasteiger partial charge < -0.3 is 10.1 Å². The minimum Gasteiger partial charge on any atom is -0.480 e. The largest absolute Gasteiger partial charge is 0.480 e. The van der Waals surface area contributed by atoms with Crippen molar-refractivity contribution in [3.05, 3.63) is 58.6 Å². The molecule has 0 radical (unpaired) electrons. The molecule has 1 heterocycles. The van der Waals surface area contributed by atoms with Crippen molar-refractivity contribution in [3.8, 4) is 5.75 Å². The number of rotatable bonds is 5. The fourth-order valence-electron chi connectivity index (χ4n) is 2.91. The Kier molecular flexibility index (Phi) is 5.11. The smallest absolute Gasteiger partial charge is 0.261 e. The number of carbonyl (C=O) groups is 1. The Bertz CT molecular complexity index is 946. The summed E-state index contributed by atoms with van der Waals surface area (Å²) >= 11 is 5.97. The lowest BCUT2D eigenvalue weighted by molar-refractivity contribution is -0.127. The molecule has 0 spiro atoms. The van der Waals surface area contributed by atoms with Crippen LogP contribution in [0, 0.1) is 0 Å². The molecule has 1 aliphatic rings. The first-order valence-electron chi connectivity index (χ1n) is 8.05. The number of para-hydroxylation sites is 1. The van der Waals surface area contributed by atoms with Crippen LogP contribution in [0.3, 0.4) is 0 Å². The van der Waals surface area contributed by atoms with Gasteiger partial charge in [0.25, 0.3) is 5.91 Å². The number of amides is 1. The first-order chi connectivity index (χ1) is 12.2. The number of nitrogens with one attached hydrogen (secondary N) is 2. The summed E-state index contributed by atoms with van der Waals surface area (Å²) < 4.78 is 31.2. The molecule has 138 valence electrons. The van der Waals surface area contributed by atoms with Crippen molar-refractivity contribution in [2.24, 2.45) is 0 Å². The summed E-state index contributed by atoms with van der Waals surface area (Å²) in [5.74, 6) is 0.389. The Labute approximate surface area is 157 Å². The first-order valence-corrected chi connectivity index (χ1v) is 10.3. The van der Waals surface area contributed by atoms with Crippen LogP contribution in [0.5, 0.6) is 5.75 Å². The zero-order chi connectivity index (χ0) is 18.9. The lowest BCUT2D eigenvalue weighted by Crippen LogP contribution is -2.39. The quantitative estimate of drug-likeness (QED) is 0.816. The van der Waals surface area contributed by atoms with E-state index in [1.54, 1.807) is 49.4 Å². The molecule has 26 heavy (non-hydrogen) atoms. The zero-order valence-electron chi connectivity index (χ0n) is 14.3. The number of anilines is 1. The first kappa shape index (κ1) is 18.5. The van der Waals surface area contributed by atoms with Gasteiger partial charge in [-0.2, -0.15) is 0 Å². The SMILES string of the molecule is CC(NC(=O)C1Cc2cc(Cl)ccc2O1)c1ccccc1NS(C)(=O)=O. The fraction of sp³-hybridized carbons (Fsp3) is 0.278. The Morgan fingerprint density at radius 2 is 2.00 bits per heavy atom. The topological polar surface area (TPSA) is 84.5 Å². The van der Waals surface area contributed by atoms with Crippen LogP contribution >= 0.6 is 11.6 Å². The molecule has 1 amide bonds. The maximum Gasteiger partial charge on any atom is 0.261 e. The van der Waals surface area contributed by atoms with Gasteiger partial charge in [-0.15, -0.1) is 0 Å². The van der Waals surface area contributed by atoms with Crippen LogP contribution in [-0.2, 0) is 21.2 Å². The number of ether oxygens (including phenoxy) is 1. The van der Waals surface area contributed by atoms with Crippen LogP contribution in [0.1, 0.15) is 24.1 Å². The molecule has 2 unspecified atom stereocenters. The molecular weight excluding hydrogens is 376 g/mol. The lowest BCUT2D eigenvalue weighted by Gasteiger charge is -2.20. The van der Waals surface area contributed by atoms with Crippen LogP contribution in [0.15, 0.2) is 42.5 Å². The van der Waals surface area contributed by atoms with E-state index in [9.17, 15) is 13.2 Å². The van der Waals surface area contributed by atoms with E-state index in [1.807, 2.05) is 0 Å². The number of halogens is 1. The molecule has 1 aliphatic heterocycles. The number of fused-ring (bicyclic) bond motifs is 1. The van der Waals surface area contributed by atoms with E-state index in [0.29, 0.717) is 28.4 Å². The van der Waals surface area contributed by atoms with E-state index in [4.69, 9.17) is 16.3 Å². The van der Waals surface area contributed by atoms with E-state index in [0.717, 1.165) is 11.8 Å². The monoisotopic (exact) mass is 394 g/mol. The van der Waals surface area contributed by atoms with Gasteiger partial charge >= 0.3 is 0 Å². The molecule has 6 nitrogen and oxygen atoms in total. The summed E-state index contributed by atoms with van der Waals surface area (Å²) in [7, 11) is -3.42. The zero-order valence-corrected chi connectivity index (χ0v) is 15.9. The molecular formula is C18H19ClN2O4S. The second-order valence-corrected chi connectivity index (χ2v) is 8.44. The van der Waals surface area contributed by atoms with Crippen molar-refractivity contribution in [1.82, 2.24) is 5.32 Å². The van der Waals surface area contributed by atoms with Gasteiger partial charge in [0.1, 0.15) is 5.75 Å². The Balaban J connectivity index is 1.71. The second kappa shape index (κ2) is 7.17. The van der Waals surface area contributed by atoms with Crippen molar-refractivity contribution in [2.45, 2.75) is 25.5 Å². The molecule has 0 saturated heterocycles. The Hall–Kier alpha value is -2.25. The van der Waals surface area contributed by atoms with Crippen LogP contribution in [0.4, 0.5) is 5.69 Å². The minimum absolute atomic E-state index is 0.265. The molecule has 0 bridgehead atoms. The molecule has 2 aromatic carbocycles. The highest BCUT2D eigenvalue weighted by Gasteiger charge is 2.30. The molecule has 8 heteroatoms. The van der Waals surface area contributed by atoms with Crippen molar-refractivity contribution < 1.29 is 17.9 Å². The highest BCUT2D eigenvalue weighted by molar-refractivity contribution is 7.92. The van der Waals surface area contributed by atoms with Crippen molar-refractivity contribution in [2.75, 3.05) is 11.0 Å². The third-order valence-corrected chi connectivity index (χ3v) is 4.90. The number of hydrogen-bond acceptors (Lipinski definition) is 4. The van der Waals surface area contributed by atoms with E-state index in [1.165, 1.54) is 0 Å². The standard InChI is InChI=1S/C18H19ClN2O4S/c1-11(14-5-3-4-6-15(14)21-26(2,23)24)20-18(22)17-10-12-9-13(19)7-8-16(12)25-17/h3-9,11,17,21H,10H2,1-2H3,(H,20,22). The highest BCUT2D eigenvalue weighted by atomic mass is 35.5. The number of hydrogen-bond donors (Lipinski definition) is 2. The number of benzene rings is 2. The molecule has 0 saturated carbocycles. The maximum absolute atomic E-state index is 12.6. The van der Waals surface area contributed by atoms with Gasteiger partial charge in [-0.05, 0) is 42.3 Å². The molecule has 0 aliphatic carbocycles. The summed E-state index contributed by atoms with van der Waals surface area (Å²) in [6.45, 7) is 1.79. The van der Waals surface area contributed by atoms with Crippen LogP contribution < -0.4 is 14.8 Å². The second-order valence-electron chi connectivity index (χ2n) is 6.25.